The predicted molar refractivity (Wildman–Crippen MR) is 129 cm³/mol. The Bertz CT molecular complexity index is 1340. The SMILES string of the molecule is CCCCCn1c(=O)n(CCSc2cc(-c3ccc(Cl)cc3)[nH]n2)c(=O)c2[nH]c(Cl)nc21. The molecule has 0 aliphatic rings. The summed E-state index contributed by atoms with van der Waals surface area (Å²) in [7, 11) is 0. The van der Waals surface area contributed by atoms with Crippen LogP contribution in [0.25, 0.3) is 22.4 Å². The van der Waals surface area contributed by atoms with E-state index in [0.717, 1.165) is 35.5 Å². The number of H-pyrrole nitrogens is 2. The maximum Gasteiger partial charge on any atom is 0.332 e. The van der Waals surface area contributed by atoms with E-state index in [9.17, 15) is 9.59 Å². The Morgan fingerprint density at radius 3 is 2.59 bits per heavy atom. The zero-order chi connectivity index (χ0) is 22.7. The Hall–Kier alpha value is -2.49. The Labute approximate surface area is 198 Å². The fourth-order valence-corrected chi connectivity index (χ4v) is 4.55. The van der Waals surface area contributed by atoms with E-state index in [-0.39, 0.29) is 23.0 Å². The zero-order valence-electron chi connectivity index (χ0n) is 17.4. The summed E-state index contributed by atoms with van der Waals surface area (Å²) in [6, 6.07) is 9.39. The molecule has 8 nitrogen and oxygen atoms in total. The molecule has 0 bridgehead atoms. The van der Waals surface area contributed by atoms with E-state index in [2.05, 4.69) is 27.1 Å². The van der Waals surface area contributed by atoms with Crippen molar-refractivity contribution < 1.29 is 0 Å². The number of rotatable bonds is 9. The quantitative estimate of drug-likeness (QED) is 0.202. The molecule has 0 spiro atoms. The second-order valence-corrected chi connectivity index (χ2v) is 9.21. The first kappa shape index (κ1) is 22.7. The molecule has 32 heavy (non-hydrogen) atoms. The first-order valence-corrected chi connectivity index (χ1v) is 12.0. The normalized spacial score (nSPS) is 11.5. The van der Waals surface area contributed by atoms with E-state index in [1.54, 1.807) is 0 Å². The van der Waals surface area contributed by atoms with Gasteiger partial charge in [-0.25, -0.2) is 4.79 Å². The van der Waals surface area contributed by atoms with Crippen molar-refractivity contribution in [3.05, 3.63) is 61.5 Å². The number of fused-ring (bicyclic) bond motifs is 1. The number of hydrogen-bond donors (Lipinski definition) is 2. The molecule has 0 fully saturated rings. The lowest BCUT2D eigenvalue weighted by Crippen LogP contribution is -2.40. The van der Waals surface area contributed by atoms with Crippen LogP contribution in [0, 0.1) is 0 Å². The van der Waals surface area contributed by atoms with Gasteiger partial charge >= 0.3 is 5.69 Å². The van der Waals surface area contributed by atoms with Crippen molar-refractivity contribution in [3.63, 3.8) is 0 Å². The van der Waals surface area contributed by atoms with Gasteiger partial charge in [-0.15, -0.1) is 11.8 Å². The minimum atomic E-state index is -0.416. The summed E-state index contributed by atoms with van der Waals surface area (Å²) < 4.78 is 2.77. The van der Waals surface area contributed by atoms with Gasteiger partial charge in [-0.05, 0) is 41.8 Å². The molecule has 0 saturated heterocycles. The third kappa shape index (κ3) is 4.79. The predicted octanol–water partition coefficient (Wildman–Crippen LogP) is 4.57. The van der Waals surface area contributed by atoms with Crippen LogP contribution in [-0.2, 0) is 13.1 Å². The fraction of sp³-hybridized carbons (Fsp3) is 0.333. The van der Waals surface area contributed by atoms with Crippen molar-refractivity contribution in [2.75, 3.05) is 5.75 Å². The number of halogens is 2. The highest BCUT2D eigenvalue weighted by Crippen LogP contribution is 2.24. The van der Waals surface area contributed by atoms with Crippen molar-refractivity contribution in [1.29, 1.82) is 0 Å². The lowest BCUT2D eigenvalue weighted by atomic mass is 10.2. The first-order valence-electron chi connectivity index (χ1n) is 10.3. The summed E-state index contributed by atoms with van der Waals surface area (Å²) >= 11 is 13.4. The van der Waals surface area contributed by atoms with Crippen LogP contribution in [0.15, 0.2) is 44.9 Å². The second-order valence-electron chi connectivity index (χ2n) is 7.30. The topological polar surface area (TPSA) is 101 Å². The summed E-state index contributed by atoms with van der Waals surface area (Å²) in [5, 5.41) is 8.86. The van der Waals surface area contributed by atoms with Crippen molar-refractivity contribution in [2.24, 2.45) is 0 Å². The van der Waals surface area contributed by atoms with Crippen LogP contribution in [0.4, 0.5) is 0 Å². The van der Waals surface area contributed by atoms with E-state index in [0.29, 0.717) is 23.0 Å². The van der Waals surface area contributed by atoms with Gasteiger partial charge in [0, 0.05) is 23.9 Å². The molecular formula is C21H22Cl2N6O2S. The summed E-state index contributed by atoms with van der Waals surface area (Å²) in [6.07, 6.45) is 2.83. The van der Waals surface area contributed by atoms with Gasteiger partial charge < -0.3 is 4.98 Å². The van der Waals surface area contributed by atoms with Gasteiger partial charge in [-0.1, -0.05) is 43.5 Å². The molecule has 2 N–H and O–H groups in total. The fourth-order valence-electron chi connectivity index (χ4n) is 3.45. The van der Waals surface area contributed by atoms with E-state index in [4.69, 9.17) is 23.2 Å². The summed E-state index contributed by atoms with van der Waals surface area (Å²) in [6.45, 7) is 2.82. The van der Waals surface area contributed by atoms with E-state index in [1.807, 2.05) is 30.3 Å². The van der Waals surface area contributed by atoms with Gasteiger partial charge in [0.25, 0.3) is 5.56 Å². The number of aromatic nitrogens is 6. The highest BCUT2D eigenvalue weighted by Gasteiger charge is 2.17. The number of imidazole rings is 1. The standard InChI is InChI=1S/C21H22Cl2N6O2S/c1-2-3-4-9-28-18-17(24-20(23)25-18)19(30)29(21(28)31)10-11-32-16-12-15(26-27-16)13-5-7-14(22)8-6-13/h5-8,12H,2-4,9-11H2,1H3,(H,24,25)(H,26,27). The van der Waals surface area contributed by atoms with Crippen molar-refractivity contribution >= 4 is 46.1 Å². The maximum atomic E-state index is 13.1. The maximum absolute atomic E-state index is 13.1. The van der Waals surface area contributed by atoms with Crippen LogP contribution in [0.5, 0.6) is 0 Å². The molecule has 0 atom stereocenters. The molecule has 0 amide bonds. The van der Waals surface area contributed by atoms with Crippen molar-refractivity contribution in [3.8, 4) is 11.3 Å². The van der Waals surface area contributed by atoms with E-state index >= 15 is 0 Å². The van der Waals surface area contributed by atoms with E-state index in [1.165, 1.54) is 20.9 Å². The molecule has 3 heterocycles. The number of aromatic amines is 2. The number of thioether (sulfide) groups is 1. The summed E-state index contributed by atoms with van der Waals surface area (Å²) in [5.41, 5.74) is 1.62. The number of unbranched alkanes of at least 4 members (excludes halogenated alkanes) is 2. The Morgan fingerprint density at radius 2 is 1.84 bits per heavy atom. The molecule has 0 saturated carbocycles. The number of nitrogens with one attached hydrogen (secondary N) is 2. The highest BCUT2D eigenvalue weighted by atomic mass is 35.5. The van der Waals surface area contributed by atoms with Gasteiger partial charge in [0.2, 0.25) is 5.28 Å². The Balaban J connectivity index is 1.52. The monoisotopic (exact) mass is 492 g/mol. The Morgan fingerprint density at radius 1 is 1.06 bits per heavy atom. The first-order chi connectivity index (χ1) is 15.5. The van der Waals surface area contributed by atoms with Crippen LogP contribution in [0.1, 0.15) is 26.2 Å². The largest absolute Gasteiger partial charge is 0.332 e. The molecule has 0 unspecified atom stereocenters. The molecule has 168 valence electrons. The zero-order valence-corrected chi connectivity index (χ0v) is 19.7. The van der Waals surface area contributed by atoms with Gasteiger partial charge in [0.1, 0.15) is 5.03 Å². The number of benzene rings is 1. The molecule has 1 aromatic carbocycles. The van der Waals surface area contributed by atoms with Crippen LogP contribution >= 0.6 is 35.0 Å². The van der Waals surface area contributed by atoms with Crippen molar-refractivity contribution in [1.82, 2.24) is 29.3 Å². The molecule has 4 aromatic rings. The minimum absolute atomic E-state index is 0.0964. The molecule has 0 aliphatic heterocycles. The molecule has 0 radical (unpaired) electrons. The number of nitrogens with zero attached hydrogens (tertiary/aromatic N) is 4. The average Bonchev–Trinajstić information content (AvgIpc) is 3.40. The Kier molecular flexibility index (Phi) is 7.07. The third-order valence-corrected chi connectivity index (χ3v) is 6.41. The molecule has 3 aromatic heterocycles. The average molecular weight is 493 g/mol. The van der Waals surface area contributed by atoms with E-state index < -0.39 is 5.56 Å². The minimum Gasteiger partial charge on any atom is -0.323 e. The summed E-state index contributed by atoms with van der Waals surface area (Å²) in [5.74, 6) is 0.502. The number of aryl methyl sites for hydroxylation is 1. The lowest BCUT2D eigenvalue weighted by Gasteiger charge is -2.10. The van der Waals surface area contributed by atoms with Crippen LogP contribution in [0.2, 0.25) is 10.3 Å². The van der Waals surface area contributed by atoms with Crippen molar-refractivity contribution in [2.45, 2.75) is 44.3 Å². The molecule has 0 aliphatic carbocycles. The molecule has 11 heteroatoms. The van der Waals surface area contributed by atoms with Crippen LogP contribution in [-0.4, -0.2) is 35.1 Å². The highest BCUT2D eigenvalue weighted by molar-refractivity contribution is 7.99. The van der Waals surface area contributed by atoms with Gasteiger partial charge in [-0.2, -0.15) is 10.1 Å². The molecule has 4 rings (SSSR count). The van der Waals surface area contributed by atoms with Crippen LogP contribution in [0.3, 0.4) is 0 Å². The van der Waals surface area contributed by atoms with Gasteiger partial charge in [0.05, 0.1) is 5.69 Å². The van der Waals surface area contributed by atoms with Crippen LogP contribution < -0.4 is 11.2 Å². The smallest absolute Gasteiger partial charge is 0.323 e. The molecular weight excluding hydrogens is 471 g/mol. The third-order valence-electron chi connectivity index (χ3n) is 5.09. The summed E-state index contributed by atoms with van der Waals surface area (Å²) in [4.78, 5) is 32.9. The lowest BCUT2D eigenvalue weighted by molar-refractivity contribution is 0.551. The van der Waals surface area contributed by atoms with Gasteiger partial charge in [-0.3, -0.25) is 19.0 Å². The number of hydrogen-bond acceptors (Lipinski definition) is 5. The second kappa shape index (κ2) is 9.97. The van der Waals surface area contributed by atoms with Gasteiger partial charge in [0.15, 0.2) is 11.2 Å².